The number of nitrogens with two attached hydrogens (primary N) is 1. The maximum absolute atomic E-state index is 11.3. The van der Waals surface area contributed by atoms with Crippen molar-refractivity contribution in [2.75, 3.05) is 11.9 Å². The number of aliphatic hydroxyl groups excluding tert-OH is 1. The summed E-state index contributed by atoms with van der Waals surface area (Å²) >= 11 is 5.77. The van der Waals surface area contributed by atoms with E-state index in [9.17, 15) is 23.6 Å². The normalized spacial score (nSPS) is 12.6. The highest BCUT2D eigenvalue weighted by Crippen LogP contribution is 2.28. The minimum Gasteiger partial charge on any atom is -0.387 e. The van der Waals surface area contributed by atoms with Crippen LogP contribution in [0.3, 0.4) is 0 Å². The third-order valence-corrected chi connectivity index (χ3v) is 4.40. The predicted octanol–water partition coefficient (Wildman–Crippen LogP) is 2.04. The standard InChI is InChI=1S/C14H14ClN3O5S/c15-10-3-1-9(2-4-10)14(19)8-17-12-6-5-11(24(16,22)23)7-13(12)18(20)21/h1-7,14,17,19H,8H2,(H2,16,22,23). The molecule has 0 radical (unpaired) electrons. The number of halogens is 1. The van der Waals surface area contributed by atoms with Crippen molar-refractivity contribution < 1.29 is 18.4 Å². The smallest absolute Gasteiger partial charge is 0.293 e. The van der Waals surface area contributed by atoms with Gasteiger partial charge in [-0.05, 0) is 29.8 Å². The molecule has 0 spiro atoms. The molecule has 0 saturated heterocycles. The van der Waals surface area contributed by atoms with Gasteiger partial charge in [0.1, 0.15) is 5.69 Å². The third kappa shape index (κ3) is 4.42. The lowest BCUT2D eigenvalue weighted by molar-refractivity contribution is -0.384. The first-order valence-corrected chi connectivity index (χ1v) is 8.59. The molecule has 10 heteroatoms. The number of sulfonamides is 1. The van der Waals surface area contributed by atoms with E-state index in [2.05, 4.69) is 5.32 Å². The molecule has 2 rings (SSSR count). The Morgan fingerprint density at radius 1 is 1.25 bits per heavy atom. The Kier molecular flexibility index (Phi) is 5.40. The van der Waals surface area contributed by atoms with E-state index in [0.717, 1.165) is 12.1 Å². The Morgan fingerprint density at radius 2 is 1.88 bits per heavy atom. The van der Waals surface area contributed by atoms with Gasteiger partial charge in [-0.15, -0.1) is 0 Å². The molecule has 24 heavy (non-hydrogen) atoms. The van der Waals surface area contributed by atoms with E-state index >= 15 is 0 Å². The van der Waals surface area contributed by atoms with Gasteiger partial charge in [0, 0.05) is 17.6 Å². The van der Waals surface area contributed by atoms with Crippen LogP contribution in [0.2, 0.25) is 5.02 Å². The van der Waals surface area contributed by atoms with Crippen LogP contribution < -0.4 is 10.5 Å². The summed E-state index contributed by atoms with van der Waals surface area (Å²) in [5.74, 6) is 0. The number of rotatable bonds is 6. The number of nitrogens with zero attached hydrogens (tertiary/aromatic N) is 1. The lowest BCUT2D eigenvalue weighted by Crippen LogP contribution is -2.15. The molecule has 0 aliphatic carbocycles. The average Bonchev–Trinajstić information content (AvgIpc) is 2.52. The minimum absolute atomic E-state index is 0.0167. The van der Waals surface area contributed by atoms with Crippen molar-refractivity contribution in [1.29, 1.82) is 0 Å². The zero-order valence-electron chi connectivity index (χ0n) is 12.2. The molecule has 8 nitrogen and oxygen atoms in total. The molecule has 4 N–H and O–H groups in total. The highest BCUT2D eigenvalue weighted by atomic mass is 35.5. The molecule has 128 valence electrons. The van der Waals surface area contributed by atoms with Crippen molar-refractivity contribution in [3.05, 3.63) is 63.2 Å². The van der Waals surface area contributed by atoms with E-state index in [0.29, 0.717) is 10.6 Å². The summed E-state index contributed by atoms with van der Waals surface area (Å²) in [5.41, 5.74) is 0.195. The maximum atomic E-state index is 11.3. The number of hydrogen-bond donors (Lipinski definition) is 3. The summed E-state index contributed by atoms with van der Waals surface area (Å²) in [6.45, 7) is -0.0167. The van der Waals surface area contributed by atoms with Gasteiger partial charge >= 0.3 is 0 Å². The van der Waals surface area contributed by atoms with Crippen LogP contribution in [0.15, 0.2) is 47.4 Å². The Bertz CT molecular complexity index is 855. The van der Waals surface area contributed by atoms with E-state index in [4.69, 9.17) is 16.7 Å². The second-order valence-corrected chi connectivity index (χ2v) is 6.93. The number of anilines is 1. The lowest BCUT2D eigenvalue weighted by atomic mass is 10.1. The molecule has 0 aliphatic heterocycles. The van der Waals surface area contributed by atoms with E-state index in [1.54, 1.807) is 24.3 Å². The van der Waals surface area contributed by atoms with Crippen LogP contribution in [-0.2, 0) is 10.0 Å². The van der Waals surface area contributed by atoms with Crippen LogP contribution in [0.5, 0.6) is 0 Å². The van der Waals surface area contributed by atoms with Gasteiger partial charge in [0.05, 0.1) is 15.9 Å². The van der Waals surface area contributed by atoms with Crippen LogP contribution >= 0.6 is 11.6 Å². The predicted molar refractivity (Wildman–Crippen MR) is 89.4 cm³/mol. The lowest BCUT2D eigenvalue weighted by Gasteiger charge is -2.13. The number of primary sulfonamides is 1. The number of nitro groups is 1. The molecule has 0 aromatic heterocycles. The molecule has 0 bridgehead atoms. The van der Waals surface area contributed by atoms with Crippen molar-refractivity contribution in [1.82, 2.24) is 0 Å². The molecule has 1 unspecified atom stereocenters. The fraction of sp³-hybridized carbons (Fsp3) is 0.143. The van der Waals surface area contributed by atoms with E-state index in [1.807, 2.05) is 0 Å². The highest BCUT2D eigenvalue weighted by molar-refractivity contribution is 7.89. The fourth-order valence-corrected chi connectivity index (χ4v) is 2.66. The first-order valence-electron chi connectivity index (χ1n) is 6.67. The molecule has 2 aromatic carbocycles. The van der Waals surface area contributed by atoms with Gasteiger partial charge in [0.25, 0.3) is 5.69 Å². The molecule has 0 saturated carbocycles. The van der Waals surface area contributed by atoms with Gasteiger partial charge in [0.15, 0.2) is 0 Å². The van der Waals surface area contributed by atoms with E-state index < -0.39 is 26.7 Å². The molecule has 2 aromatic rings. The molecule has 1 atom stereocenters. The molecular weight excluding hydrogens is 358 g/mol. The summed E-state index contributed by atoms with van der Waals surface area (Å²) in [5, 5.41) is 29.4. The number of hydrogen-bond acceptors (Lipinski definition) is 6. The Labute approximate surface area is 143 Å². The number of nitrogens with one attached hydrogen (secondary N) is 1. The first kappa shape index (κ1) is 18.1. The fourth-order valence-electron chi connectivity index (χ4n) is 2.00. The van der Waals surface area contributed by atoms with Crippen molar-refractivity contribution in [2.45, 2.75) is 11.0 Å². The summed E-state index contributed by atoms with van der Waals surface area (Å²) in [6.07, 6.45) is -0.931. The van der Waals surface area contributed by atoms with Gasteiger partial charge in [-0.2, -0.15) is 0 Å². The quantitative estimate of drug-likeness (QED) is 0.525. The van der Waals surface area contributed by atoms with Crippen LogP contribution in [-0.4, -0.2) is 25.0 Å². The summed E-state index contributed by atoms with van der Waals surface area (Å²) in [4.78, 5) is 10.0. The second kappa shape index (κ2) is 7.14. The largest absolute Gasteiger partial charge is 0.387 e. The molecule has 0 aliphatic rings. The Hall–Kier alpha value is -2.20. The first-order chi connectivity index (χ1) is 11.2. The second-order valence-electron chi connectivity index (χ2n) is 4.93. The zero-order valence-corrected chi connectivity index (χ0v) is 13.8. The maximum Gasteiger partial charge on any atom is 0.293 e. The van der Waals surface area contributed by atoms with E-state index in [-0.39, 0.29) is 17.1 Å². The SMILES string of the molecule is NS(=O)(=O)c1ccc(NCC(O)c2ccc(Cl)cc2)c([N+](=O)[O-])c1. The number of benzene rings is 2. The Morgan fingerprint density at radius 3 is 2.42 bits per heavy atom. The van der Waals surface area contributed by atoms with Crippen molar-refractivity contribution in [3.8, 4) is 0 Å². The van der Waals surface area contributed by atoms with Crippen molar-refractivity contribution >= 4 is 33.0 Å². The van der Waals surface area contributed by atoms with Crippen LogP contribution in [0.1, 0.15) is 11.7 Å². The average molecular weight is 372 g/mol. The molecule has 0 amide bonds. The summed E-state index contributed by atoms with van der Waals surface area (Å²) in [6, 6.07) is 9.74. The number of nitro benzene ring substituents is 1. The molecule has 0 heterocycles. The minimum atomic E-state index is -4.05. The monoisotopic (exact) mass is 371 g/mol. The third-order valence-electron chi connectivity index (χ3n) is 3.24. The van der Waals surface area contributed by atoms with Crippen LogP contribution in [0.25, 0.3) is 0 Å². The summed E-state index contributed by atoms with van der Waals surface area (Å²) in [7, 11) is -4.05. The number of aliphatic hydroxyl groups is 1. The van der Waals surface area contributed by atoms with E-state index in [1.165, 1.54) is 6.07 Å². The van der Waals surface area contributed by atoms with Gasteiger partial charge in [0.2, 0.25) is 10.0 Å². The summed E-state index contributed by atoms with van der Waals surface area (Å²) < 4.78 is 22.6. The van der Waals surface area contributed by atoms with Gasteiger partial charge < -0.3 is 10.4 Å². The molecule has 0 fully saturated rings. The van der Waals surface area contributed by atoms with Gasteiger partial charge in [-0.3, -0.25) is 10.1 Å². The zero-order chi connectivity index (χ0) is 17.9. The topological polar surface area (TPSA) is 136 Å². The highest BCUT2D eigenvalue weighted by Gasteiger charge is 2.19. The van der Waals surface area contributed by atoms with Gasteiger partial charge in [-0.1, -0.05) is 23.7 Å². The van der Waals surface area contributed by atoms with Crippen LogP contribution in [0.4, 0.5) is 11.4 Å². The van der Waals surface area contributed by atoms with Crippen molar-refractivity contribution in [3.63, 3.8) is 0 Å². The van der Waals surface area contributed by atoms with Crippen LogP contribution in [0, 0.1) is 10.1 Å². The molecular formula is C14H14ClN3O5S. The Balaban J connectivity index is 2.20. The van der Waals surface area contributed by atoms with Gasteiger partial charge in [-0.25, -0.2) is 13.6 Å². The van der Waals surface area contributed by atoms with Crippen molar-refractivity contribution in [2.24, 2.45) is 5.14 Å².